The zero-order chi connectivity index (χ0) is 25.2. The zero-order valence-corrected chi connectivity index (χ0v) is 22.8. The molecule has 1 fully saturated rings. The van der Waals surface area contributed by atoms with Crippen LogP contribution in [0.5, 0.6) is 5.75 Å². The maximum atomic E-state index is 13.5. The summed E-state index contributed by atoms with van der Waals surface area (Å²) in [6, 6.07) is 25.5. The van der Waals surface area contributed by atoms with E-state index in [-0.39, 0.29) is 11.9 Å². The first-order valence-electron chi connectivity index (χ1n) is 11.3. The molecule has 1 atom stereocenters. The predicted octanol–water partition coefficient (Wildman–Crippen LogP) is 7.27. The summed E-state index contributed by atoms with van der Waals surface area (Å²) < 4.78 is 8.59. The van der Waals surface area contributed by atoms with Crippen LogP contribution in [0.1, 0.15) is 24.1 Å². The van der Waals surface area contributed by atoms with Crippen molar-refractivity contribution >= 4 is 56.2 Å². The molecule has 5 nitrogen and oxygen atoms in total. The molecule has 1 aromatic heterocycles. The van der Waals surface area contributed by atoms with Crippen molar-refractivity contribution in [3.63, 3.8) is 0 Å². The summed E-state index contributed by atoms with van der Waals surface area (Å²) >= 11 is 10.5. The van der Waals surface area contributed by atoms with Gasteiger partial charge in [0.15, 0.2) is 0 Å². The molecule has 36 heavy (non-hydrogen) atoms. The third-order valence-corrected chi connectivity index (χ3v) is 7.92. The van der Waals surface area contributed by atoms with Crippen molar-refractivity contribution in [2.75, 3.05) is 7.11 Å². The van der Waals surface area contributed by atoms with Crippen LogP contribution in [0, 0.1) is 0 Å². The van der Waals surface area contributed by atoms with Crippen LogP contribution in [-0.4, -0.2) is 32.0 Å². The Morgan fingerprint density at radius 2 is 1.75 bits per heavy atom. The second-order valence-corrected chi connectivity index (χ2v) is 10.7. The van der Waals surface area contributed by atoms with E-state index in [0.29, 0.717) is 9.23 Å². The van der Waals surface area contributed by atoms with Gasteiger partial charge in [0, 0.05) is 17.3 Å². The number of rotatable bonds is 6. The molecular weight excluding hydrogens is 554 g/mol. The minimum absolute atomic E-state index is 0.101. The highest BCUT2D eigenvalue weighted by Gasteiger charge is 2.36. The molecule has 4 aromatic rings. The van der Waals surface area contributed by atoms with E-state index >= 15 is 0 Å². The van der Waals surface area contributed by atoms with Crippen molar-refractivity contribution in [2.24, 2.45) is 0 Å². The molecule has 180 valence electrons. The molecule has 1 amide bonds. The highest BCUT2D eigenvalue weighted by Crippen LogP contribution is 2.39. The molecule has 1 saturated heterocycles. The maximum absolute atomic E-state index is 13.5. The normalized spacial score (nSPS) is 15.5. The number of hydrogen-bond acceptors (Lipinski definition) is 5. The Hall–Kier alpha value is -3.20. The van der Waals surface area contributed by atoms with E-state index in [9.17, 15) is 4.79 Å². The Kier molecular flexibility index (Phi) is 7.09. The van der Waals surface area contributed by atoms with E-state index in [1.165, 1.54) is 11.8 Å². The zero-order valence-electron chi connectivity index (χ0n) is 19.6. The van der Waals surface area contributed by atoms with Crippen LogP contribution in [0.3, 0.4) is 0 Å². The largest absolute Gasteiger partial charge is 0.496 e. The molecule has 3 aromatic carbocycles. The minimum atomic E-state index is -0.159. The number of nitrogens with zero attached hydrogens (tertiary/aromatic N) is 3. The number of halogens is 1. The van der Waals surface area contributed by atoms with Gasteiger partial charge in [-0.3, -0.25) is 9.69 Å². The van der Waals surface area contributed by atoms with Crippen LogP contribution in [0.2, 0.25) is 0 Å². The first-order chi connectivity index (χ1) is 17.5. The lowest BCUT2D eigenvalue weighted by Gasteiger charge is -2.23. The number of para-hydroxylation sites is 1. The SMILES string of the molecule is COc1ccc(-c2nn(-c3ccccc3)cc2/C=C2\SC(=S)N([C@H](C)c3ccccc3)C2=O)cc1Br. The van der Waals surface area contributed by atoms with E-state index in [0.717, 1.165) is 38.3 Å². The Morgan fingerprint density at radius 1 is 1.06 bits per heavy atom. The third kappa shape index (κ3) is 4.76. The van der Waals surface area contributed by atoms with E-state index in [1.807, 2.05) is 103 Å². The lowest BCUT2D eigenvalue weighted by molar-refractivity contribution is -0.123. The van der Waals surface area contributed by atoms with Gasteiger partial charge in [0.05, 0.1) is 28.2 Å². The van der Waals surface area contributed by atoms with Gasteiger partial charge < -0.3 is 4.74 Å². The van der Waals surface area contributed by atoms with Crippen LogP contribution in [0.4, 0.5) is 0 Å². The van der Waals surface area contributed by atoms with Gasteiger partial charge in [-0.2, -0.15) is 5.10 Å². The quantitative estimate of drug-likeness (QED) is 0.179. The fourth-order valence-electron chi connectivity index (χ4n) is 4.08. The molecule has 0 spiro atoms. The molecule has 1 aliphatic heterocycles. The van der Waals surface area contributed by atoms with Gasteiger partial charge in [-0.15, -0.1) is 0 Å². The first-order valence-corrected chi connectivity index (χ1v) is 13.3. The fourth-order valence-corrected chi connectivity index (χ4v) is 6.03. The average Bonchev–Trinajstić information content (AvgIpc) is 3.45. The van der Waals surface area contributed by atoms with Crippen molar-refractivity contribution in [1.29, 1.82) is 0 Å². The van der Waals surface area contributed by atoms with Crippen LogP contribution in [0.25, 0.3) is 23.0 Å². The lowest BCUT2D eigenvalue weighted by Crippen LogP contribution is -2.30. The number of hydrogen-bond donors (Lipinski definition) is 0. The summed E-state index contributed by atoms with van der Waals surface area (Å²) in [5.41, 5.74) is 4.44. The molecule has 2 heterocycles. The molecule has 0 N–H and O–H groups in total. The fraction of sp³-hybridized carbons (Fsp3) is 0.107. The van der Waals surface area contributed by atoms with Crippen LogP contribution in [0.15, 0.2) is 94.4 Å². The maximum Gasteiger partial charge on any atom is 0.266 e. The Morgan fingerprint density at radius 3 is 2.42 bits per heavy atom. The molecule has 0 saturated carbocycles. The van der Waals surface area contributed by atoms with Crippen molar-refractivity contribution in [2.45, 2.75) is 13.0 Å². The predicted molar refractivity (Wildman–Crippen MR) is 153 cm³/mol. The topological polar surface area (TPSA) is 47.4 Å². The van der Waals surface area contributed by atoms with E-state index in [2.05, 4.69) is 15.9 Å². The van der Waals surface area contributed by atoms with Crippen LogP contribution < -0.4 is 4.74 Å². The number of benzene rings is 3. The standard InChI is InChI=1S/C28H22BrN3O2S2/c1-18(19-9-5-3-6-10-19)32-27(33)25(36-28(32)35)16-21-17-31(22-11-7-4-8-12-22)30-26(21)20-13-14-24(34-2)23(29)15-20/h3-18H,1-2H3/b25-16-/t18-/m1/s1. The summed E-state index contributed by atoms with van der Waals surface area (Å²) in [6.07, 6.45) is 3.83. The molecular formula is C28H22BrN3O2S2. The van der Waals surface area contributed by atoms with Gasteiger partial charge in [0.1, 0.15) is 15.8 Å². The molecule has 0 bridgehead atoms. The van der Waals surface area contributed by atoms with Crippen LogP contribution in [-0.2, 0) is 4.79 Å². The molecule has 0 unspecified atom stereocenters. The van der Waals surface area contributed by atoms with E-state index < -0.39 is 0 Å². The number of carbonyl (C=O) groups excluding carboxylic acids is 1. The number of carbonyl (C=O) groups is 1. The van der Waals surface area contributed by atoms with Gasteiger partial charge in [0.25, 0.3) is 5.91 Å². The highest BCUT2D eigenvalue weighted by molar-refractivity contribution is 9.10. The summed E-state index contributed by atoms with van der Waals surface area (Å²) in [5.74, 6) is 0.634. The number of aromatic nitrogens is 2. The van der Waals surface area contributed by atoms with Gasteiger partial charge in [-0.05, 0) is 64.8 Å². The molecule has 8 heteroatoms. The monoisotopic (exact) mass is 575 g/mol. The number of amides is 1. The number of thioether (sulfide) groups is 1. The minimum Gasteiger partial charge on any atom is -0.496 e. The second-order valence-electron chi connectivity index (χ2n) is 8.20. The Bertz CT molecular complexity index is 1470. The van der Waals surface area contributed by atoms with Crippen LogP contribution >= 0.6 is 39.9 Å². The number of methoxy groups -OCH3 is 1. The summed E-state index contributed by atoms with van der Waals surface area (Å²) in [4.78, 5) is 15.8. The van der Waals surface area contributed by atoms with Crippen molar-refractivity contribution in [1.82, 2.24) is 14.7 Å². The second kappa shape index (κ2) is 10.4. The van der Waals surface area contributed by atoms with Gasteiger partial charge in [-0.1, -0.05) is 72.5 Å². The lowest BCUT2D eigenvalue weighted by atomic mass is 10.1. The van der Waals surface area contributed by atoms with Gasteiger partial charge in [0.2, 0.25) is 0 Å². The van der Waals surface area contributed by atoms with Crippen molar-refractivity contribution < 1.29 is 9.53 Å². The highest BCUT2D eigenvalue weighted by atomic mass is 79.9. The smallest absolute Gasteiger partial charge is 0.266 e. The first kappa shape index (κ1) is 24.5. The number of thiocarbonyl (C=S) groups is 1. The van der Waals surface area contributed by atoms with Crippen molar-refractivity contribution in [3.05, 3.63) is 106 Å². The molecule has 0 aliphatic carbocycles. The molecule has 0 radical (unpaired) electrons. The Labute approximate surface area is 227 Å². The summed E-state index contributed by atoms with van der Waals surface area (Å²) in [5, 5.41) is 4.88. The average molecular weight is 577 g/mol. The van der Waals surface area contributed by atoms with E-state index in [1.54, 1.807) is 12.0 Å². The van der Waals surface area contributed by atoms with Gasteiger partial charge >= 0.3 is 0 Å². The Balaban J connectivity index is 1.56. The van der Waals surface area contributed by atoms with Crippen molar-refractivity contribution in [3.8, 4) is 22.7 Å². The number of ether oxygens (including phenoxy) is 1. The van der Waals surface area contributed by atoms with Gasteiger partial charge in [-0.25, -0.2) is 4.68 Å². The summed E-state index contributed by atoms with van der Waals surface area (Å²) in [6.45, 7) is 2.00. The third-order valence-electron chi connectivity index (χ3n) is 5.97. The molecule has 1 aliphatic rings. The summed E-state index contributed by atoms with van der Waals surface area (Å²) in [7, 11) is 1.63. The van der Waals surface area contributed by atoms with E-state index in [4.69, 9.17) is 22.1 Å². The molecule has 5 rings (SSSR count).